The van der Waals surface area contributed by atoms with Crippen LogP contribution in [0.5, 0.6) is 0 Å². The van der Waals surface area contributed by atoms with E-state index in [1.54, 1.807) is 0 Å². The molecule has 8 heavy (non-hydrogen) atoms. The minimum Gasteiger partial charge on any atom is -0.389 e. The van der Waals surface area contributed by atoms with Crippen LogP contribution in [0.25, 0.3) is 0 Å². The fourth-order valence-electron chi connectivity index (χ4n) is 0.819. The van der Waals surface area contributed by atoms with Gasteiger partial charge in [0.2, 0.25) is 0 Å². The largest absolute Gasteiger partial charge is 0.389 e. The molecule has 1 aliphatic rings. The van der Waals surface area contributed by atoms with E-state index in [9.17, 15) is 0 Å². The molecule has 1 saturated heterocycles. The number of ether oxygens (including phenoxy) is 1. The lowest BCUT2D eigenvalue weighted by Crippen LogP contribution is -2.35. The van der Waals surface area contributed by atoms with Crippen LogP contribution in [0, 0.1) is 0 Å². The van der Waals surface area contributed by atoms with Crippen molar-refractivity contribution in [3.63, 3.8) is 0 Å². The van der Waals surface area contributed by atoms with Crippen LogP contribution in [0.2, 0.25) is 0 Å². The molecule has 1 unspecified atom stereocenters. The summed E-state index contributed by atoms with van der Waals surface area (Å²) in [5.41, 5.74) is 0. The molecule has 0 aromatic carbocycles. The molecule has 0 radical (unpaired) electrons. The molecular formula is C5H11NO2. The molecule has 0 bridgehead atoms. The normalized spacial score (nSPS) is 38.2. The fourth-order valence-corrected chi connectivity index (χ4v) is 0.819. The van der Waals surface area contributed by atoms with Crippen LogP contribution >= 0.6 is 0 Å². The van der Waals surface area contributed by atoms with Crippen molar-refractivity contribution in [2.75, 3.05) is 20.3 Å². The molecule has 3 heteroatoms. The second-order valence-electron chi connectivity index (χ2n) is 2.00. The molecule has 2 atom stereocenters. The van der Waals surface area contributed by atoms with Crippen LogP contribution in [0.4, 0.5) is 0 Å². The third kappa shape index (κ3) is 0.992. The minimum absolute atomic E-state index is 0.148. The van der Waals surface area contributed by atoms with Gasteiger partial charge in [-0.15, -0.1) is 0 Å². The van der Waals surface area contributed by atoms with Gasteiger partial charge in [-0.2, -0.15) is 0 Å². The van der Waals surface area contributed by atoms with Gasteiger partial charge in [-0.25, -0.2) is 0 Å². The molecular weight excluding hydrogens is 106 g/mol. The second kappa shape index (κ2) is 2.44. The quantitative estimate of drug-likeness (QED) is 0.461. The molecule has 48 valence electrons. The van der Waals surface area contributed by atoms with Gasteiger partial charge in [0.25, 0.3) is 0 Å². The molecule has 0 aromatic rings. The summed E-state index contributed by atoms with van der Waals surface area (Å²) in [6.07, 6.45) is -0.306. The molecule has 0 aromatic heterocycles. The highest BCUT2D eigenvalue weighted by molar-refractivity contribution is 4.78. The van der Waals surface area contributed by atoms with Crippen molar-refractivity contribution in [1.29, 1.82) is 0 Å². The summed E-state index contributed by atoms with van der Waals surface area (Å²) in [7, 11) is 1.82. The first-order valence-electron chi connectivity index (χ1n) is 2.77. The monoisotopic (exact) mass is 117 g/mol. The highest BCUT2D eigenvalue weighted by Gasteiger charge is 2.23. The summed E-state index contributed by atoms with van der Waals surface area (Å²) in [4.78, 5) is 0. The van der Waals surface area contributed by atoms with E-state index in [2.05, 4.69) is 5.32 Å². The van der Waals surface area contributed by atoms with Gasteiger partial charge < -0.3 is 15.2 Å². The highest BCUT2D eigenvalue weighted by Crippen LogP contribution is 2.02. The Labute approximate surface area is 48.7 Å². The first-order valence-corrected chi connectivity index (χ1v) is 2.77. The summed E-state index contributed by atoms with van der Waals surface area (Å²) >= 11 is 0. The van der Waals surface area contributed by atoms with E-state index in [1.807, 2.05) is 7.05 Å². The number of hydrogen-bond acceptors (Lipinski definition) is 3. The maximum absolute atomic E-state index is 9.00. The van der Waals surface area contributed by atoms with Crippen molar-refractivity contribution in [1.82, 2.24) is 5.32 Å². The summed E-state index contributed by atoms with van der Waals surface area (Å²) in [5, 5.41) is 11.9. The number of likely N-dealkylation sites (N-methyl/N-ethyl adjacent to an activating group) is 1. The number of nitrogens with one attached hydrogen (secondary N) is 1. The van der Waals surface area contributed by atoms with Crippen LogP contribution in [0.1, 0.15) is 0 Å². The average molecular weight is 117 g/mol. The lowest BCUT2D eigenvalue weighted by Gasteiger charge is -2.08. The Hall–Kier alpha value is -0.120. The van der Waals surface area contributed by atoms with Crippen molar-refractivity contribution in [3.8, 4) is 0 Å². The van der Waals surface area contributed by atoms with Gasteiger partial charge in [0.15, 0.2) is 0 Å². The Morgan fingerprint density at radius 1 is 1.62 bits per heavy atom. The third-order valence-corrected chi connectivity index (χ3v) is 1.42. The van der Waals surface area contributed by atoms with Crippen molar-refractivity contribution in [3.05, 3.63) is 0 Å². The van der Waals surface area contributed by atoms with Gasteiger partial charge in [-0.3, -0.25) is 0 Å². The van der Waals surface area contributed by atoms with E-state index in [4.69, 9.17) is 9.84 Å². The fraction of sp³-hybridized carbons (Fsp3) is 1.00. The lowest BCUT2D eigenvalue weighted by atomic mass is 10.2. The van der Waals surface area contributed by atoms with E-state index in [0.29, 0.717) is 13.2 Å². The zero-order valence-corrected chi connectivity index (χ0v) is 4.92. The standard InChI is InChI=1S/C5H11NO2/c1-6-4-2-8-3-5(4)7/h4-7H,2-3H2,1H3/t4?,5-/m0/s1. The Bertz CT molecular complexity index is 76.8. The number of hydrogen-bond donors (Lipinski definition) is 2. The van der Waals surface area contributed by atoms with Crippen LogP contribution in [0.15, 0.2) is 0 Å². The minimum atomic E-state index is -0.306. The molecule has 0 saturated carbocycles. The van der Waals surface area contributed by atoms with E-state index in [-0.39, 0.29) is 12.1 Å². The maximum Gasteiger partial charge on any atom is 0.0948 e. The molecule has 1 heterocycles. The van der Waals surface area contributed by atoms with Gasteiger partial charge in [-0.1, -0.05) is 0 Å². The summed E-state index contributed by atoms with van der Waals surface area (Å²) in [6, 6.07) is 0.148. The van der Waals surface area contributed by atoms with E-state index in [1.165, 1.54) is 0 Å². The molecule has 2 N–H and O–H groups in total. The van der Waals surface area contributed by atoms with E-state index >= 15 is 0 Å². The molecule has 3 nitrogen and oxygen atoms in total. The second-order valence-corrected chi connectivity index (χ2v) is 2.00. The van der Waals surface area contributed by atoms with Crippen LogP contribution in [-0.4, -0.2) is 37.5 Å². The topological polar surface area (TPSA) is 41.5 Å². The number of rotatable bonds is 1. The van der Waals surface area contributed by atoms with Crippen LogP contribution in [0.3, 0.4) is 0 Å². The highest BCUT2D eigenvalue weighted by atomic mass is 16.5. The maximum atomic E-state index is 9.00. The van der Waals surface area contributed by atoms with Crippen molar-refractivity contribution < 1.29 is 9.84 Å². The van der Waals surface area contributed by atoms with Crippen molar-refractivity contribution in [2.24, 2.45) is 0 Å². The third-order valence-electron chi connectivity index (χ3n) is 1.42. The summed E-state index contributed by atoms with van der Waals surface area (Å²) in [6.45, 7) is 1.11. The SMILES string of the molecule is CNC1COC[C@@H]1O. The first kappa shape index (κ1) is 6.01. The zero-order valence-electron chi connectivity index (χ0n) is 4.92. The Kier molecular flexibility index (Phi) is 1.83. The summed E-state index contributed by atoms with van der Waals surface area (Å²) < 4.78 is 4.95. The van der Waals surface area contributed by atoms with Crippen molar-refractivity contribution >= 4 is 0 Å². The average Bonchev–Trinajstić information content (AvgIpc) is 2.14. The van der Waals surface area contributed by atoms with Crippen LogP contribution in [-0.2, 0) is 4.74 Å². The molecule has 0 spiro atoms. The Morgan fingerprint density at radius 3 is 2.62 bits per heavy atom. The smallest absolute Gasteiger partial charge is 0.0948 e. The lowest BCUT2D eigenvalue weighted by molar-refractivity contribution is 0.123. The van der Waals surface area contributed by atoms with Crippen molar-refractivity contribution in [2.45, 2.75) is 12.1 Å². The number of aliphatic hydroxyl groups excluding tert-OH is 1. The van der Waals surface area contributed by atoms with E-state index < -0.39 is 0 Å². The predicted octanol–water partition coefficient (Wildman–Crippen LogP) is -1.03. The predicted molar refractivity (Wildman–Crippen MR) is 29.7 cm³/mol. The van der Waals surface area contributed by atoms with Gasteiger partial charge in [0.1, 0.15) is 0 Å². The van der Waals surface area contributed by atoms with Gasteiger partial charge in [0, 0.05) is 0 Å². The molecule has 1 aliphatic heterocycles. The molecule has 0 aliphatic carbocycles. The number of aliphatic hydroxyl groups is 1. The molecule has 1 fully saturated rings. The van der Waals surface area contributed by atoms with Gasteiger partial charge >= 0.3 is 0 Å². The van der Waals surface area contributed by atoms with Gasteiger partial charge in [-0.05, 0) is 7.05 Å². The van der Waals surface area contributed by atoms with Crippen LogP contribution < -0.4 is 5.32 Å². The zero-order chi connectivity index (χ0) is 5.98. The van der Waals surface area contributed by atoms with E-state index in [0.717, 1.165) is 0 Å². The Balaban J connectivity index is 2.30. The first-order chi connectivity index (χ1) is 3.84. The summed E-state index contributed by atoms with van der Waals surface area (Å²) in [5.74, 6) is 0. The Morgan fingerprint density at radius 2 is 2.38 bits per heavy atom. The molecule has 0 amide bonds. The van der Waals surface area contributed by atoms with Gasteiger partial charge in [0.05, 0.1) is 25.4 Å². The molecule has 1 rings (SSSR count).